The number of carbonyl (C=O) groups is 1. The molecule has 1 aromatic heterocycles. The zero-order valence-corrected chi connectivity index (χ0v) is 10.1. The Morgan fingerprint density at radius 3 is 2.89 bits per heavy atom. The standard InChI is InChI=1S/C11H17N5O2/c12-9-10(14-7-15-11(9)18)13-6-8(17)16-4-2-1-3-5-16/h7H,1-6,12H2,(H2,13,14,15,18). The highest BCUT2D eigenvalue weighted by Gasteiger charge is 2.16. The Bertz CT molecular complexity index is 479. The largest absolute Gasteiger partial charge is 0.391 e. The summed E-state index contributed by atoms with van der Waals surface area (Å²) in [5.41, 5.74) is 5.15. The summed E-state index contributed by atoms with van der Waals surface area (Å²) in [4.78, 5) is 31.2. The minimum Gasteiger partial charge on any atom is -0.391 e. The SMILES string of the molecule is Nc1c(NCC(=O)N2CCCCC2)nc[nH]c1=O. The summed E-state index contributed by atoms with van der Waals surface area (Å²) in [5.74, 6) is 0.264. The van der Waals surface area contributed by atoms with E-state index in [4.69, 9.17) is 5.73 Å². The molecule has 1 saturated heterocycles. The molecule has 7 nitrogen and oxygen atoms in total. The molecule has 2 heterocycles. The lowest BCUT2D eigenvalue weighted by Gasteiger charge is -2.26. The summed E-state index contributed by atoms with van der Waals surface area (Å²) in [6.07, 6.45) is 4.54. The molecule has 1 amide bonds. The molecule has 98 valence electrons. The van der Waals surface area contributed by atoms with Gasteiger partial charge in [-0.3, -0.25) is 9.59 Å². The highest BCUT2D eigenvalue weighted by molar-refractivity contribution is 5.81. The maximum absolute atomic E-state index is 11.9. The Labute approximate surface area is 104 Å². The number of nitrogens with one attached hydrogen (secondary N) is 2. The van der Waals surface area contributed by atoms with Crippen molar-refractivity contribution in [2.45, 2.75) is 19.3 Å². The first-order valence-corrected chi connectivity index (χ1v) is 6.03. The number of amides is 1. The van der Waals surface area contributed by atoms with Gasteiger partial charge in [0.1, 0.15) is 5.69 Å². The fourth-order valence-electron chi connectivity index (χ4n) is 1.97. The molecule has 2 rings (SSSR count). The van der Waals surface area contributed by atoms with Crippen molar-refractivity contribution in [2.24, 2.45) is 0 Å². The van der Waals surface area contributed by atoms with Crippen LogP contribution in [0.3, 0.4) is 0 Å². The highest BCUT2D eigenvalue weighted by Crippen LogP contribution is 2.10. The Morgan fingerprint density at radius 2 is 2.17 bits per heavy atom. The van der Waals surface area contributed by atoms with Crippen molar-refractivity contribution >= 4 is 17.4 Å². The van der Waals surface area contributed by atoms with E-state index in [2.05, 4.69) is 15.3 Å². The van der Waals surface area contributed by atoms with Crippen molar-refractivity contribution < 1.29 is 4.79 Å². The Kier molecular flexibility index (Phi) is 3.81. The van der Waals surface area contributed by atoms with E-state index in [0.29, 0.717) is 0 Å². The molecule has 0 aromatic carbocycles. The molecule has 18 heavy (non-hydrogen) atoms. The predicted molar refractivity (Wildman–Crippen MR) is 68.2 cm³/mol. The molecule has 0 aliphatic carbocycles. The number of rotatable bonds is 3. The molecule has 1 aromatic rings. The second-order valence-electron chi connectivity index (χ2n) is 4.29. The second kappa shape index (κ2) is 5.52. The number of H-pyrrole nitrogens is 1. The molecule has 0 saturated carbocycles. The van der Waals surface area contributed by atoms with Crippen LogP contribution in [0.15, 0.2) is 11.1 Å². The molecule has 1 aliphatic heterocycles. The van der Waals surface area contributed by atoms with Crippen LogP contribution < -0.4 is 16.6 Å². The monoisotopic (exact) mass is 251 g/mol. The minimum absolute atomic E-state index is 0.00365. The van der Waals surface area contributed by atoms with Crippen molar-refractivity contribution in [1.29, 1.82) is 0 Å². The topological polar surface area (TPSA) is 104 Å². The van der Waals surface area contributed by atoms with E-state index in [1.807, 2.05) is 4.90 Å². The van der Waals surface area contributed by atoms with Gasteiger partial charge in [-0.15, -0.1) is 0 Å². The van der Waals surface area contributed by atoms with Crippen molar-refractivity contribution in [3.05, 3.63) is 16.7 Å². The summed E-state index contributed by atoms with van der Waals surface area (Å²) in [7, 11) is 0. The van der Waals surface area contributed by atoms with Crippen LogP contribution in [0.25, 0.3) is 0 Å². The Hall–Kier alpha value is -2.05. The molecule has 0 spiro atoms. The van der Waals surface area contributed by atoms with E-state index >= 15 is 0 Å². The second-order valence-corrected chi connectivity index (χ2v) is 4.29. The van der Waals surface area contributed by atoms with Crippen LogP contribution in [-0.2, 0) is 4.79 Å². The van der Waals surface area contributed by atoms with E-state index in [0.717, 1.165) is 25.9 Å². The first kappa shape index (κ1) is 12.4. The number of aromatic amines is 1. The zero-order valence-electron chi connectivity index (χ0n) is 10.1. The van der Waals surface area contributed by atoms with Crippen molar-refractivity contribution in [1.82, 2.24) is 14.9 Å². The lowest BCUT2D eigenvalue weighted by Crippen LogP contribution is -2.39. The maximum Gasteiger partial charge on any atom is 0.276 e. The van der Waals surface area contributed by atoms with Gasteiger partial charge >= 0.3 is 0 Å². The van der Waals surface area contributed by atoms with Gasteiger partial charge in [-0.2, -0.15) is 0 Å². The third-order valence-corrected chi connectivity index (χ3v) is 3.00. The maximum atomic E-state index is 11.9. The smallest absolute Gasteiger partial charge is 0.276 e. The van der Waals surface area contributed by atoms with Gasteiger partial charge in [0.25, 0.3) is 5.56 Å². The Morgan fingerprint density at radius 1 is 1.44 bits per heavy atom. The molecule has 7 heteroatoms. The molecule has 4 N–H and O–H groups in total. The number of piperidine rings is 1. The summed E-state index contributed by atoms with van der Waals surface area (Å²) in [6.45, 7) is 1.72. The van der Waals surface area contributed by atoms with Crippen LogP contribution in [0, 0.1) is 0 Å². The van der Waals surface area contributed by atoms with Gasteiger partial charge in [-0.1, -0.05) is 0 Å². The number of carbonyl (C=O) groups excluding carboxylic acids is 1. The number of hydrogen-bond donors (Lipinski definition) is 3. The van der Waals surface area contributed by atoms with Crippen molar-refractivity contribution in [3.63, 3.8) is 0 Å². The van der Waals surface area contributed by atoms with Crippen LogP contribution >= 0.6 is 0 Å². The van der Waals surface area contributed by atoms with E-state index < -0.39 is 5.56 Å². The van der Waals surface area contributed by atoms with Gasteiger partial charge in [0, 0.05) is 13.1 Å². The summed E-state index contributed by atoms with van der Waals surface area (Å²) in [6, 6.07) is 0. The number of nitrogens with two attached hydrogens (primary N) is 1. The lowest BCUT2D eigenvalue weighted by atomic mass is 10.1. The van der Waals surface area contributed by atoms with Gasteiger partial charge in [-0.05, 0) is 19.3 Å². The predicted octanol–water partition coefficient (Wildman–Crippen LogP) is -0.224. The Balaban J connectivity index is 1.92. The van der Waals surface area contributed by atoms with Gasteiger partial charge in [0.2, 0.25) is 5.91 Å². The highest BCUT2D eigenvalue weighted by atomic mass is 16.2. The molecule has 0 atom stereocenters. The minimum atomic E-state index is -0.405. The molecule has 0 unspecified atom stereocenters. The fraction of sp³-hybridized carbons (Fsp3) is 0.545. The third-order valence-electron chi connectivity index (χ3n) is 3.00. The number of likely N-dealkylation sites (tertiary alicyclic amines) is 1. The van der Waals surface area contributed by atoms with Crippen LogP contribution in [0.2, 0.25) is 0 Å². The van der Waals surface area contributed by atoms with E-state index in [9.17, 15) is 9.59 Å². The average Bonchev–Trinajstić information content (AvgIpc) is 2.41. The fourth-order valence-corrected chi connectivity index (χ4v) is 1.97. The summed E-state index contributed by atoms with van der Waals surface area (Å²) < 4.78 is 0. The molecule has 1 aliphatic rings. The number of anilines is 2. The van der Waals surface area contributed by atoms with Crippen LogP contribution in [0.5, 0.6) is 0 Å². The normalized spacial score (nSPS) is 15.4. The number of aromatic nitrogens is 2. The molecule has 0 radical (unpaired) electrons. The molecular formula is C11H17N5O2. The number of hydrogen-bond acceptors (Lipinski definition) is 5. The van der Waals surface area contributed by atoms with E-state index in [1.54, 1.807) is 0 Å². The van der Waals surface area contributed by atoms with E-state index in [-0.39, 0.29) is 24.0 Å². The number of nitrogen functional groups attached to an aromatic ring is 1. The number of nitrogens with zero attached hydrogens (tertiary/aromatic N) is 2. The van der Waals surface area contributed by atoms with Crippen LogP contribution in [0.4, 0.5) is 11.5 Å². The molecular weight excluding hydrogens is 234 g/mol. The van der Waals surface area contributed by atoms with Crippen LogP contribution in [0.1, 0.15) is 19.3 Å². The third kappa shape index (κ3) is 2.79. The quantitative estimate of drug-likeness (QED) is 0.688. The van der Waals surface area contributed by atoms with Gasteiger partial charge in [-0.25, -0.2) is 4.98 Å². The first-order valence-electron chi connectivity index (χ1n) is 6.03. The first-order chi connectivity index (χ1) is 8.68. The van der Waals surface area contributed by atoms with Crippen molar-refractivity contribution in [2.75, 3.05) is 30.7 Å². The molecule has 0 bridgehead atoms. The average molecular weight is 251 g/mol. The van der Waals surface area contributed by atoms with Crippen LogP contribution in [-0.4, -0.2) is 40.4 Å². The van der Waals surface area contributed by atoms with Gasteiger partial charge in [0.05, 0.1) is 12.9 Å². The van der Waals surface area contributed by atoms with Crippen molar-refractivity contribution in [3.8, 4) is 0 Å². The van der Waals surface area contributed by atoms with E-state index in [1.165, 1.54) is 12.7 Å². The van der Waals surface area contributed by atoms with Gasteiger partial charge in [0.15, 0.2) is 5.82 Å². The summed E-state index contributed by atoms with van der Waals surface area (Å²) in [5, 5.41) is 2.80. The molecule has 1 fully saturated rings. The lowest BCUT2D eigenvalue weighted by molar-refractivity contribution is -0.130. The summed E-state index contributed by atoms with van der Waals surface area (Å²) >= 11 is 0. The van der Waals surface area contributed by atoms with Gasteiger partial charge < -0.3 is 20.9 Å². The zero-order chi connectivity index (χ0) is 13.0.